The van der Waals surface area contributed by atoms with Crippen LogP contribution in [-0.2, 0) is 19.7 Å². The van der Waals surface area contributed by atoms with Gasteiger partial charge in [0.25, 0.3) is 10.2 Å². The maximum Gasteiger partial charge on any atom is 0.325 e. The van der Waals surface area contributed by atoms with Crippen LogP contribution in [0.3, 0.4) is 0 Å². The molecule has 0 aromatic carbocycles. The highest BCUT2D eigenvalue weighted by molar-refractivity contribution is 7.87. The van der Waals surface area contributed by atoms with Gasteiger partial charge in [0.15, 0.2) is 0 Å². The van der Waals surface area contributed by atoms with Gasteiger partial charge in [-0.05, 0) is 5.92 Å². The van der Waals surface area contributed by atoms with Crippen molar-refractivity contribution in [3.8, 4) is 0 Å². The molecule has 1 fully saturated rings. The molecular formula is C10H20N2O5S. The molecule has 0 aliphatic carbocycles. The number of rotatable bonds is 6. The summed E-state index contributed by atoms with van der Waals surface area (Å²) >= 11 is 0. The third-order valence-corrected chi connectivity index (χ3v) is 3.97. The van der Waals surface area contributed by atoms with Gasteiger partial charge < -0.3 is 9.84 Å². The highest BCUT2D eigenvalue weighted by Crippen LogP contribution is 2.21. The van der Waals surface area contributed by atoms with Crippen molar-refractivity contribution in [2.24, 2.45) is 5.92 Å². The summed E-state index contributed by atoms with van der Waals surface area (Å²) in [7, 11) is -3.82. The van der Waals surface area contributed by atoms with Crippen molar-refractivity contribution in [2.75, 3.05) is 19.8 Å². The largest absolute Gasteiger partial charge is 0.480 e. The van der Waals surface area contributed by atoms with E-state index in [0.29, 0.717) is 0 Å². The molecule has 1 rings (SSSR count). The highest BCUT2D eigenvalue weighted by Gasteiger charge is 2.43. The topological polar surface area (TPSA) is 105 Å². The van der Waals surface area contributed by atoms with Crippen LogP contribution in [0.2, 0.25) is 0 Å². The molecule has 0 amide bonds. The zero-order valence-corrected chi connectivity index (χ0v) is 11.4. The summed E-state index contributed by atoms with van der Waals surface area (Å²) in [6.45, 7) is 4.47. The summed E-state index contributed by atoms with van der Waals surface area (Å²) in [4.78, 5) is 11.3. The molecule has 0 saturated carbocycles. The predicted molar refractivity (Wildman–Crippen MR) is 65.3 cm³/mol. The highest BCUT2D eigenvalue weighted by atomic mass is 32.2. The van der Waals surface area contributed by atoms with Gasteiger partial charge in [0.05, 0.1) is 0 Å². The number of nitrogens with one attached hydrogen (secondary N) is 2. The third-order valence-electron chi connectivity index (χ3n) is 2.77. The quantitative estimate of drug-likeness (QED) is 0.619. The lowest BCUT2D eigenvalue weighted by Crippen LogP contribution is -2.59. The maximum absolute atomic E-state index is 11.8. The minimum Gasteiger partial charge on any atom is -0.480 e. The number of carboxylic acids is 1. The number of carbonyl (C=O) groups is 1. The van der Waals surface area contributed by atoms with Gasteiger partial charge in [0, 0.05) is 32.6 Å². The van der Waals surface area contributed by atoms with Gasteiger partial charge >= 0.3 is 5.97 Å². The van der Waals surface area contributed by atoms with Crippen molar-refractivity contribution < 1.29 is 23.1 Å². The van der Waals surface area contributed by atoms with Crippen molar-refractivity contribution in [2.45, 2.75) is 32.2 Å². The number of ether oxygens (including phenoxy) is 1. The van der Waals surface area contributed by atoms with Crippen LogP contribution in [0, 0.1) is 5.92 Å². The number of hydrogen-bond acceptors (Lipinski definition) is 4. The molecule has 0 aromatic rings. The fourth-order valence-electron chi connectivity index (χ4n) is 1.65. The van der Waals surface area contributed by atoms with Gasteiger partial charge in [-0.3, -0.25) is 4.79 Å². The average Bonchev–Trinajstić information content (AvgIpc) is 2.27. The smallest absolute Gasteiger partial charge is 0.325 e. The second-order valence-corrected chi connectivity index (χ2v) is 6.35. The van der Waals surface area contributed by atoms with E-state index in [1.54, 1.807) is 0 Å². The lowest BCUT2D eigenvalue weighted by atomic mass is 9.92. The number of aliphatic carboxylic acids is 1. The van der Waals surface area contributed by atoms with Gasteiger partial charge in [-0.1, -0.05) is 13.8 Å². The lowest BCUT2D eigenvalue weighted by molar-refractivity contribution is -0.147. The molecule has 106 valence electrons. The van der Waals surface area contributed by atoms with Crippen LogP contribution < -0.4 is 9.44 Å². The first kappa shape index (κ1) is 15.4. The van der Waals surface area contributed by atoms with Crippen molar-refractivity contribution >= 4 is 16.2 Å². The standard InChI is InChI=1S/C10H20N2O5S/c1-8(2)7-11-18(15,16)12-10(9(13)14)3-5-17-6-4-10/h8,11-12H,3-7H2,1-2H3,(H,13,14). The fraction of sp³-hybridized carbons (Fsp3) is 0.900. The third kappa shape index (κ3) is 4.20. The van der Waals surface area contributed by atoms with Crippen LogP contribution in [0.25, 0.3) is 0 Å². The van der Waals surface area contributed by atoms with Gasteiger partial charge in [0.1, 0.15) is 5.54 Å². The Morgan fingerprint density at radius 2 is 1.94 bits per heavy atom. The Bertz CT molecular complexity index is 387. The summed E-state index contributed by atoms with van der Waals surface area (Å²) in [5.74, 6) is -1.02. The van der Waals surface area contributed by atoms with Crippen LogP contribution >= 0.6 is 0 Å². The molecule has 8 heteroatoms. The number of hydrogen-bond donors (Lipinski definition) is 3. The Hall–Kier alpha value is -0.700. The Morgan fingerprint density at radius 3 is 2.39 bits per heavy atom. The molecule has 7 nitrogen and oxygen atoms in total. The minimum absolute atomic E-state index is 0.130. The summed E-state index contributed by atoms with van der Waals surface area (Å²) < 4.78 is 33.2. The van der Waals surface area contributed by atoms with Gasteiger partial charge in [-0.2, -0.15) is 13.1 Å². The zero-order valence-electron chi connectivity index (χ0n) is 10.6. The monoisotopic (exact) mass is 280 g/mol. The molecule has 0 aromatic heterocycles. The summed E-state index contributed by atoms with van der Waals surface area (Å²) in [6, 6.07) is 0. The number of carboxylic acid groups (broad SMARTS) is 1. The predicted octanol–water partition coefficient (Wildman–Crippen LogP) is -0.300. The Morgan fingerprint density at radius 1 is 1.39 bits per heavy atom. The van der Waals surface area contributed by atoms with Crippen LogP contribution in [0.15, 0.2) is 0 Å². The molecule has 18 heavy (non-hydrogen) atoms. The first-order valence-electron chi connectivity index (χ1n) is 5.87. The molecule has 0 bridgehead atoms. The van der Waals surface area contributed by atoms with Crippen molar-refractivity contribution in [3.05, 3.63) is 0 Å². The minimum atomic E-state index is -3.82. The van der Waals surface area contributed by atoms with E-state index in [4.69, 9.17) is 4.74 Å². The van der Waals surface area contributed by atoms with E-state index in [0.717, 1.165) is 0 Å². The Kier molecular flexibility index (Phi) is 5.09. The van der Waals surface area contributed by atoms with Crippen LogP contribution in [-0.4, -0.2) is 44.8 Å². The van der Waals surface area contributed by atoms with Gasteiger partial charge in [-0.25, -0.2) is 4.72 Å². The van der Waals surface area contributed by atoms with E-state index in [1.165, 1.54) is 0 Å². The first-order valence-corrected chi connectivity index (χ1v) is 7.35. The van der Waals surface area contributed by atoms with E-state index >= 15 is 0 Å². The van der Waals surface area contributed by atoms with E-state index < -0.39 is 21.7 Å². The molecule has 0 unspecified atom stereocenters. The van der Waals surface area contributed by atoms with E-state index in [1.807, 2.05) is 13.8 Å². The van der Waals surface area contributed by atoms with Crippen LogP contribution in [0.4, 0.5) is 0 Å². The molecule has 1 aliphatic rings. The average molecular weight is 280 g/mol. The Labute approximate surface area is 107 Å². The molecule has 3 N–H and O–H groups in total. The normalized spacial score (nSPS) is 19.9. The second-order valence-electron chi connectivity index (χ2n) is 4.85. The van der Waals surface area contributed by atoms with E-state index in [-0.39, 0.29) is 38.5 Å². The summed E-state index contributed by atoms with van der Waals surface area (Å²) in [5.41, 5.74) is -1.46. The van der Waals surface area contributed by atoms with E-state index in [2.05, 4.69) is 9.44 Å². The molecule has 1 aliphatic heterocycles. The maximum atomic E-state index is 11.8. The fourth-order valence-corrected chi connectivity index (χ4v) is 3.08. The molecular weight excluding hydrogens is 260 g/mol. The molecule has 0 radical (unpaired) electrons. The van der Waals surface area contributed by atoms with Gasteiger partial charge in [-0.15, -0.1) is 0 Å². The van der Waals surface area contributed by atoms with Gasteiger partial charge in [0.2, 0.25) is 0 Å². The summed E-state index contributed by atoms with van der Waals surface area (Å²) in [6.07, 6.45) is 0.260. The zero-order chi connectivity index (χ0) is 13.8. The summed E-state index contributed by atoms with van der Waals surface area (Å²) in [5, 5.41) is 9.22. The molecule has 0 spiro atoms. The second kappa shape index (κ2) is 5.96. The molecule has 1 heterocycles. The SMILES string of the molecule is CC(C)CNS(=O)(=O)NC1(C(=O)O)CCOCC1. The molecule has 1 saturated heterocycles. The van der Waals surface area contributed by atoms with Crippen molar-refractivity contribution in [1.82, 2.24) is 9.44 Å². The van der Waals surface area contributed by atoms with Crippen molar-refractivity contribution in [3.63, 3.8) is 0 Å². The van der Waals surface area contributed by atoms with E-state index in [9.17, 15) is 18.3 Å². The van der Waals surface area contributed by atoms with Crippen molar-refractivity contribution in [1.29, 1.82) is 0 Å². The first-order chi connectivity index (χ1) is 8.27. The van der Waals surface area contributed by atoms with Crippen LogP contribution in [0.5, 0.6) is 0 Å². The molecule has 0 atom stereocenters. The Balaban J connectivity index is 2.74. The lowest BCUT2D eigenvalue weighted by Gasteiger charge is -2.33. The van der Waals surface area contributed by atoms with Crippen LogP contribution in [0.1, 0.15) is 26.7 Å².